The van der Waals surface area contributed by atoms with Gasteiger partial charge in [0.2, 0.25) is 0 Å². The molecule has 1 atom stereocenters. The number of nitrogens with zero attached hydrogens (tertiary/aromatic N) is 1. The van der Waals surface area contributed by atoms with E-state index in [1.807, 2.05) is 13.8 Å². The molecular formula is C14H27NO3. The molecule has 0 aromatic rings. The number of esters is 1. The summed E-state index contributed by atoms with van der Waals surface area (Å²) in [4.78, 5) is 14.3. The maximum atomic E-state index is 12.0. The summed E-state index contributed by atoms with van der Waals surface area (Å²) in [6, 6.07) is 0. The molecule has 0 bridgehead atoms. The molecule has 0 amide bonds. The van der Waals surface area contributed by atoms with Crippen LogP contribution < -0.4 is 0 Å². The molecule has 0 aromatic carbocycles. The summed E-state index contributed by atoms with van der Waals surface area (Å²) in [5.74, 6) is -0.557. The molecule has 0 saturated carbocycles. The fourth-order valence-electron chi connectivity index (χ4n) is 2.91. The number of carbonyl (C=O) groups excluding carboxylic acids is 1. The SMILES string of the molecule is CCOC(=O)C(C(C)C)C1(O)CCN(CC)CC1. The van der Waals surface area contributed by atoms with Crippen molar-refractivity contribution in [1.82, 2.24) is 4.90 Å². The van der Waals surface area contributed by atoms with Gasteiger partial charge < -0.3 is 14.7 Å². The van der Waals surface area contributed by atoms with E-state index >= 15 is 0 Å². The minimum absolute atomic E-state index is 0.0993. The summed E-state index contributed by atoms with van der Waals surface area (Å²) >= 11 is 0. The fraction of sp³-hybridized carbons (Fsp3) is 0.929. The monoisotopic (exact) mass is 257 g/mol. The molecule has 1 fully saturated rings. The molecule has 1 aliphatic heterocycles. The number of hydrogen-bond acceptors (Lipinski definition) is 4. The van der Waals surface area contributed by atoms with E-state index in [1.54, 1.807) is 6.92 Å². The number of hydrogen-bond donors (Lipinski definition) is 1. The van der Waals surface area contributed by atoms with Crippen LogP contribution in [0.2, 0.25) is 0 Å². The molecule has 0 aromatic heterocycles. The van der Waals surface area contributed by atoms with Gasteiger partial charge in [-0.05, 0) is 32.2 Å². The Morgan fingerprint density at radius 1 is 1.33 bits per heavy atom. The van der Waals surface area contributed by atoms with Crippen molar-refractivity contribution >= 4 is 5.97 Å². The van der Waals surface area contributed by atoms with Gasteiger partial charge in [0.25, 0.3) is 0 Å². The number of likely N-dealkylation sites (tertiary alicyclic amines) is 1. The number of aliphatic hydroxyl groups is 1. The lowest BCUT2D eigenvalue weighted by atomic mass is 9.74. The van der Waals surface area contributed by atoms with Crippen molar-refractivity contribution < 1.29 is 14.6 Å². The van der Waals surface area contributed by atoms with Crippen LogP contribution >= 0.6 is 0 Å². The standard InChI is InChI=1S/C14H27NO3/c1-5-15-9-7-14(17,8-10-15)12(11(3)4)13(16)18-6-2/h11-12,17H,5-10H2,1-4H3. The molecule has 106 valence electrons. The van der Waals surface area contributed by atoms with Crippen LogP contribution in [0.4, 0.5) is 0 Å². The van der Waals surface area contributed by atoms with Gasteiger partial charge in [-0.1, -0.05) is 20.8 Å². The molecule has 4 nitrogen and oxygen atoms in total. The quantitative estimate of drug-likeness (QED) is 0.761. The molecule has 1 rings (SSSR count). The highest BCUT2D eigenvalue weighted by Crippen LogP contribution is 2.35. The maximum Gasteiger partial charge on any atom is 0.312 e. The molecule has 1 N–H and O–H groups in total. The number of carbonyl (C=O) groups is 1. The molecular weight excluding hydrogens is 230 g/mol. The minimum atomic E-state index is -0.897. The first-order valence-corrected chi connectivity index (χ1v) is 7.06. The third-order valence-corrected chi connectivity index (χ3v) is 3.96. The first kappa shape index (κ1) is 15.4. The predicted molar refractivity (Wildman–Crippen MR) is 71.3 cm³/mol. The average Bonchev–Trinajstić information content (AvgIpc) is 2.29. The van der Waals surface area contributed by atoms with Gasteiger partial charge in [0.05, 0.1) is 18.1 Å². The van der Waals surface area contributed by atoms with Crippen LogP contribution in [0, 0.1) is 11.8 Å². The minimum Gasteiger partial charge on any atom is -0.466 e. The van der Waals surface area contributed by atoms with Crippen molar-refractivity contribution in [1.29, 1.82) is 0 Å². The summed E-state index contributed by atoms with van der Waals surface area (Å²) < 4.78 is 5.12. The molecule has 1 saturated heterocycles. The van der Waals surface area contributed by atoms with Crippen LogP contribution in [0.5, 0.6) is 0 Å². The Hall–Kier alpha value is -0.610. The van der Waals surface area contributed by atoms with Crippen molar-refractivity contribution in [3.63, 3.8) is 0 Å². The smallest absolute Gasteiger partial charge is 0.312 e. The van der Waals surface area contributed by atoms with E-state index in [1.165, 1.54) is 0 Å². The lowest BCUT2D eigenvalue weighted by Gasteiger charge is -2.43. The second-order valence-electron chi connectivity index (χ2n) is 5.51. The van der Waals surface area contributed by atoms with E-state index in [-0.39, 0.29) is 11.9 Å². The topological polar surface area (TPSA) is 49.8 Å². The first-order chi connectivity index (χ1) is 8.44. The van der Waals surface area contributed by atoms with Gasteiger partial charge in [0.15, 0.2) is 0 Å². The third kappa shape index (κ3) is 3.45. The van der Waals surface area contributed by atoms with Gasteiger partial charge >= 0.3 is 5.97 Å². The highest BCUT2D eigenvalue weighted by atomic mass is 16.5. The second kappa shape index (κ2) is 6.53. The van der Waals surface area contributed by atoms with Crippen LogP contribution in [-0.4, -0.2) is 47.8 Å². The highest BCUT2D eigenvalue weighted by Gasteiger charge is 2.45. The Labute approximate surface area is 110 Å². The molecule has 0 aliphatic carbocycles. The third-order valence-electron chi connectivity index (χ3n) is 3.96. The molecule has 1 heterocycles. The van der Waals surface area contributed by atoms with E-state index in [0.29, 0.717) is 19.4 Å². The number of ether oxygens (including phenoxy) is 1. The average molecular weight is 257 g/mol. The van der Waals surface area contributed by atoms with E-state index < -0.39 is 11.5 Å². The van der Waals surface area contributed by atoms with Crippen LogP contribution in [0.3, 0.4) is 0 Å². The van der Waals surface area contributed by atoms with Crippen molar-refractivity contribution in [2.24, 2.45) is 11.8 Å². The molecule has 1 aliphatic rings. The summed E-state index contributed by atoms with van der Waals surface area (Å²) in [7, 11) is 0. The summed E-state index contributed by atoms with van der Waals surface area (Å²) in [5, 5.41) is 10.8. The van der Waals surface area contributed by atoms with E-state index in [2.05, 4.69) is 11.8 Å². The van der Waals surface area contributed by atoms with Crippen LogP contribution in [-0.2, 0) is 9.53 Å². The zero-order valence-electron chi connectivity index (χ0n) is 12.1. The summed E-state index contributed by atoms with van der Waals surface area (Å²) in [6.45, 7) is 11.0. The van der Waals surface area contributed by atoms with Crippen LogP contribution in [0.1, 0.15) is 40.5 Å². The molecule has 4 heteroatoms. The van der Waals surface area contributed by atoms with E-state index in [0.717, 1.165) is 19.6 Å². The Bertz CT molecular complexity index is 270. The number of rotatable bonds is 5. The fourth-order valence-corrected chi connectivity index (χ4v) is 2.91. The molecule has 1 unspecified atom stereocenters. The van der Waals surface area contributed by atoms with Crippen molar-refractivity contribution in [2.45, 2.75) is 46.1 Å². The lowest BCUT2D eigenvalue weighted by Crippen LogP contribution is -2.53. The Morgan fingerprint density at radius 3 is 2.28 bits per heavy atom. The second-order valence-corrected chi connectivity index (χ2v) is 5.51. The van der Waals surface area contributed by atoms with E-state index in [9.17, 15) is 9.90 Å². The zero-order chi connectivity index (χ0) is 13.8. The normalized spacial score (nSPS) is 21.9. The van der Waals surface area contributed by atoms with Crippen molar-refractivity contribution in [2.75, 3.05) is 26.2 Å². The van der Waals surface area contributed by atoms with Gasteiger partial charge in [0.1, 0.15) is 0 Å². The van der Waals surface area contributed by atoms with Gasteiger partial charge in [-0.25, -0.2) is 0 Å². The zero-order valence-corrected chi connectivity index (χ0v) is 12.1. The lowest BCUT2D eigenvalue weighted by molar-refractivity contribution is -0.166. The highest BCUT2D eigenvalue weighted by molar-refractivity contribution is 5.74. The van der Waals surface area contributed by atoms with Crippen LogP contribution in [0.15, 0.2) is 0 Å². The van der Waals surface area contributed by atoms with Gasteiger partial charge in [-0.2, -0.15) is 0 Å². The summed E-state index contributed by atoms with van der Waals surface area (Å²) in [5.41, 5.74) is -0.897. The Kier molecular flexibility index (Phi) is 5.60. The maximum absolute atomic E-state index is 12.0. The van der Waals surface area contributed by atoms with Crippen LogP contribution in [0.25, 0.3) is 0 Å². The summed E-state index contributed by atoms with van der Waals surface area (Å²) in [6.07, 6.45) is 1.31. The van der Waals surface area contributed by atoms with E-state index in [4.69, 9.17) is 4.74 Å². The van der Waals surface area contributed by atoms with Crippen molar-refractivity contribution in [3.05, 3.63) is 0 Å². The largest absolute Gasteiger partial charge is 0.466 e. The van der Waals surface area contributed by atoms with Gasteiger partial charge in [-0.3, -0.25) is 4.79 Å². The Morgan fingerprint density at radius 2 is 1.89 bits per heavy atom. The predicted octanol–water partition coefficient (Wildman–Crippen LogP) is 1.67. The van der Waals surface area contributed by atoms with Gasteiger partial charge in [-0.15, -0.1) is 0 Å². The first-order valence-electron chi connectivity index (χ1n) is 7.06. The van der Waals surface area contributed by atoms with Gasteiger partial charge in [0, 0.05) is 13.1 Å². The number of piperidine rings is 1. The molecule has 18 heavy (non-hydrogen) atoms. The molecule has 0 spiro atoms. The van der Waals surface area contributed by atoms with Crippen molar-refractivity contribution in [3.8, 4) is 0 Å². The Balaban J connectivity index is 2.76. The molecule has 0 radical (unpaired) electrons.